The molecule has 1 aromatic heterocycles. The lowest BCUT2D eigenvalue weighted by molar-refractivity contribution is -0.213. The number of hydrogen-bond donors (Lipinski definition) is 0. The van der Waals surface area contributed by atoms with Gasteiger partial charge in [0.25, 0.3) is 0 Å². The van der Waals surface area contributed by atoms with Crippen LogP contribution in [0.3, 0.4) is 0 Å². The molecule has 3 saturated carbocycles. The highest BCUT2D eigenvalue weighted by Crippen LogP contribution is 2.72. The van der Waals surface area contributed by atoms with Crippen molar-refractivity contribution in [3.8, 4) is 0 Å². The monoisotopic (exact) mass is 570 g/mol. The summed E-state index contributed by atoms with van der Waals surface area (Å²) in [5.74, 6) is -3.63. The minimum absolute atomic E-state index is 0.0653. The Morgan fingerprint density at radius 3 is 2.63 bits per heavy atom. The summed E-state index contributed by atoms with van der Waals surface area (Å²) < 4.78 is 63.9. The average molecular weight is 571 g/mol. The van der Waals surface area contributed by atoms with E-state index in [-0.39, 0.29) is 30.6 Å². The molecule has 0 N–H and O–H groups in total. The van der Waals surface area contributed by atoms with Crippen LogP contribution in [-0.4, -0.2) is 46.4 Å². The lowest BCUT2D eigenvalue weighted by Gasteiger charge is -2.63. The highest BCUT2D eigenvalue weighted by Gasteiger charge is 2.78. The number of alkyl halides is 3. The van der Waals surface area contributed by atoms with E-state index in [1.807, 2.05) is 0 Å². The van der Waals surface area contributed by atoms with Gasteiger partial charge in [-0.25, -0.2) is 18.0 Å². The second kappa shape index (κ2) is 9.34. The Morgan fingerprint density at radius 1 is 1.26 bits per heavy atom. The highest BCUT2D eigenvalue weighted by molar-refractivity contribution is 8.13. The molecule has 206 valence electrons. The molecule has 4 aliphatic rings. The van der Waals surface area contributed by atoms with Crippen molar-refractivity contribution in [3.05, 3.63) is 48.0 Å². The molecule has 6 nitrogen and oxygen atoms in total. The number of carbonyl (C=O) groups is 3. The Hall–Kier alpha value is -1.90. The molecule has 0 aromatic carbocycles. The van der Waals surface area contributed by atoms with E-state index >= 15 is 8.78 Å². The molecule has 0 radical (unpaired) electrons. The first kappa shape index (κ1) is 27.7. The Morgan fingerprint density at radius 2 is 2.00 bits per heavy atom. The summed E-state index contributed by atoms with van der Waals surface area (Å²) in [5, 5.41) is -0.686. The van der Waals surface area contributed by atoms with Gasteiger partial charge in [-0.15, -0.1) is 0 Å². The van der Waals surface area contributed by atoms with Crippen LogP contribution >= 0.6 is 21.2 Å². The number of carbonyl (C=O) groups excluding carboxylic acids is 3. The fourth-order valence-corrected chi connectivity index (χ4v) is 9.16. The van der Waals surface area contributed by atoms with E-state index in [1.54, 1.807) is 20.8 Å². The van der Waals surface area contributed by atoms with Gasteiger partial charge in [0.2, 0.25) is 10.9 Å². The topological polar surface area (TPSA) is 82.8 Å². The predicted molar refractivity (Wildman–Crippen MR) is 137 cm³/mol. The number of rotatable bonds is 5. The van der Waals surface area contributed by atoms with Crippen LogP contribution in [0.15, 0.2) is 46.6 Å². The van der Waals surface area contributed by atoms with Crippen molar-refractivity contribution in [3.63, 3.8) is 0 Å². The Bertz CT molecular complexity index is 1220. The van der Waals surface area contributed by atoms with Crippen LogP contribution in [0.5, 0.6) is 0 Å². The second-order valence-corrected chi connectivity index (χ2v) is 12.4. The Kier molecular flexibility index (Phi) is 6.80. The van der Waals surface area contributed by atoms with Gasteiger partial charge in [-0.1, -0.05) is 19.9 Å². The normalized spacial score (nSPS) is 43.6. The third-order valence-corrected chi connectivity index (χ3v) is 10.8. The van der Waals surface area contributed by atoms with Crippen molar-refractivity contribution < 1.29 is 41.2 Å². The number of hydrogen-bond acceptors (Lipinski definition) is 7. The van der Waals surface area contributed by atoms with Crippen molar-refractivity contribution in [2.45, 2.75) is 63.6 Å². The van der Waals surface area contributed by atoms with Gasteiger partial charge >= 0.3 is 5.97 Å². The van der Waals surface area contributed by atoms with Crippen LogP contribution in [0.25, 0.3) is 0 Å². The molecule has 38 heavy (non-hydrogen) atoms. The molecular formula is C27H30F3O6PS. The second-order valence-electron chi connectivity index (χ2n) is 11.2. The maximum Gasteiger partial charge on any atom is 0.375 e. The van der Waals surface area contributed by atoms with Crippen LogP contribution in [-0.2, 0) is 18.8 Å². The van der Waals surface area contributed by atoms with Crippen molar-refractivity contribution in [1.29, 1.82) is 0 Å². The van der Waals surface area contributed by atoms with Crippen molar-refractivity contribution >= 4 is 38.1 Å². The number of ketones is 1. The van der Waals surface area contributed by atoms with Gasteiger partial charge in [0.15, 0.2) is 17.1 Å². The van der Waals surface area contributed by atoms with Gasteiger partial charge < -0.3 is 13.7 Å². The van der Waals surface area contributed by atoms with Crippen LogP contribution < -0.4 is 0 Å². The molecule has 1 aromatic rings. The SMILES string of the molecule is C[C@@H]1CC2C3C[C@H](F)C4=CC(=O)C=C[C@]4(C)[C@@]3(F)[C@@H](OP)C[C@]2(C)[C@@]1(OC(=O)c1ccco1)C(=O)SCF. The van der Waals surface area contributed by atoms with E-state index in [0.717, 1.165) is 0 Å². The average Bonchev–Trinajstić information content (AvgIpc) is 3.48. The molecule has 10 atom stereocenters. The first-order valence-corrected chi connectivity index (χ1v) is 14.0. The van der Waals surface area contributed by atoms with Gasteiger partial charge in [0.05, 0.1) is 12.4 Å². The number of ether oxygens (including phenoxy) is 1. The van der Waals surface area contributed by atoms with Gasteiger partial charge in [0, 0.05) is 32.1 Å². The lowest BCUT2D eigenvalue weighted by Crippen LogP contribution is -2.70. The van der Waals surface area contributed by atoms with Crippen molar-refractivity contribution in [2.24, 2.45) is 28.6 Å². The zero-order chi connectivity index (χ0) is 27.7. The summed E-state index contributed by atoms with van der Waals surface area (Å²) in [6.45, 7) is 5.02. The van der Waals surface area contributed by atoms with Gasteiger partial charge in [-0.3, -0.25) is 9.59 Å². The predicted octanol–water partition coefficient (Wildman–Crippen LogP) is 5.74. The summed E-state index contributed by atoms with van der Waals surface area (Å²) >= 11 is 0.395. The minimum atomic E-state index is -2.14. The minimum Gasteiger partial charge on any atom is -0.457 e. The molecule has 0 saturated heterocycles. The zero-order valence-corrected chi connectivity index (χ0v) is 23.2. The number of allylic oxidation sites excluding steroid dienone is 4. The molecular weight excluding hydrogens is 540 g/mol. The molecule has 4 aliphatic carbocycles. The van der Waals surface area contributed by atoms with E-state index < -0.39 is 75.0 Å². The molecule has 3 fully saturated rings. The molecule has 0 aliphatic heterocycles. The van der Waals surface area contributed by atoms with E-state index in [9.17, 15) is 18.8 Å². The van der Waals surface area contributed by atoms with Gasteiger partial charge in [-0.05, 0) is 73.7 Å². The number of thioether (sulfide) groups is 1. The standard InChI is InChI=1S/C27H30F3O6PS/c1-14-9-16-17-11-19(29)18-10-15(31)6-7-24(18,2)26(17,30)21(36-37)12-25(16,3)27(14,23(33)38-13-28)35-22(32)20-5-4-8-34-20/h4-8,10,14,16-17,19,21H,9,11-13,37H2,1-3H3/t14-,16?,17?,19+,21+,24+,25+,26+,27+/m1/s1. The number of furan rings is 1. The molecule has 0 amide bonds. The van der Waals surface area contributed by atoms with Gasteiger partial charge in [-0.2, -0.15) is 0 Å². The molecule has 11 heteroatoms. The number of halogens is 3. The van der Waals surface area contributed by atoms with E-state index in [2.05, 4.69) is 9.47 Å². The zero-order valence-electron chi connectivity index (χ0n) is 21.2. The maximum absolute atomic E-state index is 17.7. The first-order chi connectivity index (χ1) is 17.9. The van der Waals surface area contributed by atoms with E-state index in [0.29, 0.717) is 11.8 Å². The van der Waals surface area contributed by atoms with Crippen molar-refractivity contribution in [1.82, 2.24) is 0 Å². The van der Waals surface area contributed by atoms with E-state index in [1.165, 1.54) is 36.6 Å². The third kappa shape index (κ3) is 3.45. The summed E-state index contributed by atoms with van der Waals surface area (Å²) in [6, 6.07) is 1.85. The molecule has 0 bridgehead atoms. The Balaban J connectivity index is 1.66. The molecule has 5 rings (SSSR count). The van der Waals surface area contributed by atoms with Crippen LogP contribution in [0.2, 0.25) is 0 Å². The molecule has 1 heterocycles. The fourth-order valence-electron chi connectivity index (χ4n) is 8.08. The summed E-state index contributed by atoms with van der Waals surface area (Å²) in [5.41, 5.74) is -6.60. The molecule has 0 spiro atoms. The molecule has 3 unspecified atom stereocenters. The smallest absolute Gasteiger partial charge is 0.375 e. The fraction of sp³-hybridized carbons (Fsp3) is 0.593. The quantitative estimate of drug-likeness (QED) is 0.330. The van der Waals surface area contributed by atoms with E-state index in [4.69, 9.17) is 13.7 Å². The summed E-state index contributed by atoms with van der Waals surface area (Å²) in [7, 11) is 2.08. The summed E-state index contributed by atoms with van der Waals surface area (Å²) in [4.78, 5) is 39.0. The largest absolute Gasteiger partial charge is 0.457 e. The van der Waals surface area contributed by atoms with Crippen LogP contribution in [0, 0.1) is 28.6 Å². The van der Waals surface area contributed by atoms with Crippen molar-refractivity contribution in [2.75, 3.05) is 6.01 Å². The number of fused-ring (bicyclic) bond motifs is 5. The summed E-state index contributed by atoms with van der Waals surface area (Å²) in [6.07, 6.45) is 2.31. The van der Waals surface area contributed by atoms with Gasteiger partial charge in [0.1, 0.15) is 12.2 Å². The Labute approximate surface area is 225 Å². The first-order valence-electron chi connectivity index (χ1n) is 12.5. The highest BCUT2D eigenvalue weighted by atomic mass is 32.2. The van der Waals surface area contributed by atoms with Crippen LogP contribution in [0.4, 0.5) is 13.2 Å². The lowest BCUT2D eigenvalue weighted by atomic mass is 9.44. The third-order valence-electron chi connectivity index (χ3n) is 9.77. The van der Waals surface area contributed by atoms with Crippen LogP contribution in [0.1, 0.15) is 50.6 Å². The number of esters is 1. The maximum atomic E-state index is 17.7.